The average Bonchev–Trinajstić information content (AvgIpc) is 2.39. The summed E-state index contributed by atoms with van der Waals surface area (Å²) < 4.78 is 10.3. The van der Waals surface area contributed by atoms with Crippen molar-refractivity contribution in [2.45, 2.75) is 38.8 Å². The number of hydrogen-bond donors (Lipinski definition) is 1. The summed E-state index contributed by atoms with van der Waals surface area (Å²) in [6.45, 7) is 4.11. The minimum absolute atomic E-state index is 0.202. The fourth-order valence-corrected chi connectivity index (χ4v) is 1.51. The molecule has 0 bridgehead atoms. The largest absolute Gasteiger partial charge is 0.491 e. The van der Waals surface area contributed by atoms with Crippen molar-refractivity contribution >= 4 is 5.97 Å². The Balaban J connectivity index is 2.57. The molecule has 4 heteroatoms. The van der Waals surface area contributed by atoms with Crippen LogP contribution in [0.25, 0.3) is 0 Å². The van der Waals surface area contributed by atoms with Crippen molar-refractivity contribution in [2.75, 3.05) is 7.11 Å². The molecule has 0 aliphatic rings. The van der Waals surface area contributed by atoms with Crippen LogP contribution in [-0.4, -0.2) is 25.2 Å². The zero-order valence-corrected chi connectivity index (χ0v) is 11.2. The molecule has 0 radical (unpaired) electrons. The van der Waals surface area contributed by atoms with Crippen LogP contribution in [0.5, 0.6) is 5.75 Å². The van der Waals surface area contributed by atoms with Crippen LogP contribution in [0.4, 0.5) is 0 Å². The fraction of sp³-hybridized carbons (Fsp3) is 0.500. The molecule has 0 heterocycles. The zero-order chi connectivity index (χ0) is 13.5. The predicted molar refractivity (Wildman–Crippen MR) is 70.5 cm³/mol. The molecular formula is C14H21NO3. The van der Waals surface area contributed by atoms with Crippen molar-refractivity contribution in [3.05, 3.63) is 29.8 Å². The molecular weight excluding hydrogens is 230 g/mol. The Morgan fingerprint density at radius 3 is 2.44 bits per heavy atom. The third-order valence-corrected chi connectivity index (χ3v) is 2.80. The lowest BCUT2D eigenvalue weighted by Gasteiger charge is -2.13. The molecule has 0 spiro atoms. The summed E-state index contributed by atoms with van der Waals surface area (Å²) in [6, 6.07) is 7.01. The van der Waals surface area contributed by atoms with E-state index >= 15 is 0 Å². The molecule has 0 aliphatic heterocycles. The molecule has 0 aromatic heterocycles. The fourth-order valence-electron chi connectivity index (χ4n) is 1.51. The van der Waals surface area contributed by atoms with Crippen LogP contribution < -0.4 is 10.5 Å². The first-order valence-corrected chi connectivity index (χ1v) is 6.15. The average molecular weight is 251 g/mol. The molecule has 0 amide bonds. The summed E-state index contributed by atoms with van der Waals surface area (Å²) in [4.78, 5) is 11.2. The van der Waals surface area contributed by atoms with Gasteiger partial charge in [-0.05, 0) is 37.5 Å². The van der Waals surface area contributed by atoms with Gasteiger partial charge in [-0.15, -0.1) is 0 Å². The summed E-state index contributed by atoms with van der Waals surface area (Å²) in [7, 11) is 1.34. The van der Waals surface area contributed by atoms with Gasteiger partial charge in [0.1, 0.15) is 11.8 Å². The van der Waals surface area contributed by atoms with Gasteiger partial charge in [0.15, 0.2) is 0 Å². The second-order valence-electron chi connectivity index (χ2n) is 4.31. The van der Waals surface area contributed by atoms with E-state index in [2.05, 4.69) is 11.7 Å². The van der Waals surface area contributed by atoms with Crippen molar-refractivity contribution in [3.8, 4) is 5.75 Å². The smallest absolute Gasteiger partial charge is 0.322 e. The van der Waals surface area contributed by atoms with Gasteiger partial charge < -0.3 is 15.2 Å². The predicted octanol–water partition coefficient (Wildman–Crippen LogP) is 1.91. The van der Waals surface area contributed by atoms with Crippen LogP contribution in [0.15, 0.2) is 24.3 Å². The standard InChI is InChI=1S/C14H21NO3/c1-4-10(2)18-12-7-5-11(6-8-12)9-13(15)14(16)17-3/h5-8,10,13H,4,9,15H2,1-3H3. The first-order chi connectivity index (χ1) is 8.56. The van der Waals surface area contributed by atoms with E-state index in [1.807, 2.05) is 31.2 Å². The van der Waals surface area contributed by atoms with Gasteiger partial charge in [-0.1, -0.05) is 19.1 Å². The Morgan fingerprint density at radius 1 is 1.33 bits per heavy atom. The van der Waals surface area contributed by atoms with Gasteiger partial charge in [0.05, 0.1) is 13.2 Å². The second-order valence-corrected chi connectivity index (χ2v) is 4.31. The highest BCUT2D eigenvalue weighted by molar-refractivity contribution is 5.75. The van der Waals surface area contributed by atoms with Crippen LogP contribution in [0.3, 0.4) is 0 Å². The van der Waals surface area contributed by atoms with E-state index in [0.29, 0.717) is 6.42 Å². The second kappa shape index (κ2) is 7.01. The minimum atomic E-state index is -0.615. The first kappa shape index (κ1) is 14.5. The minimum Gasteiger partial charge on any atom is -0.491 e. The van der Waals surface area contributed by atoms with Crippen molar-refractivity contribution in [3.63, 3.8) is 0 Å². The first-order valence-electron chi connectivity index (χ1n) is 6.15. The Morgan fingerprint density at radius 2 is 1.94 bits per heavy atom. The molecule has 1 rings (SSSR count). The number of methoxy groups -OCH3 is 1. The molecule has 2 unspecified atom stereocenters. The molecule has 0 fully saturated rings. The van der Waals surface area contributed by atoms with E-state index in [-0.39, 0.29) is 6.10 Å². The Labute approximate surface area is 108 Å². The lowest BCUT2D eigenvalue weighted by molar-refractivity contribution is -0.142. The van der Waals surface area contributed by atoms with Crippen molar-refractivity contribution in [1.29, 1.82) is 0 Å². The monoisotopic (exact) mass is 251 g/mol. The van der Waals surface area contributed by atoms with Gasteiger partial charge >= 0.3 is 5.97 Å². The number of benzene rings is 1. The van der Waals surface area contributed by atoms with Crippen LogP contribution in [0.2, 0.25) is 0 Å². The van der Waals surface area contributed by atoms with Gasteiger partial charge in [0, 0.05) is 0 Å². The molecule has 2 N–H and O–H groups in total. The third kappa shape index (κ3) is 4.37. The van der Waals surface area contributed by atoms with Crippen LogP contribution in [-0.2, 0) is 16.0 Å². The normalized spacial score (nSPS) is 13.8. The quantitative estimate of drug-likeness (QED) is 0.784. The summed E-state index contributed by atoms with van der Waals surface area (Å²) in [5.74, 6) is 0.440. The zero-order valence-electron chi connectivity index (χ0n) is 11.2. The topological polar surface area (TPSA) is 61.5 Å². The number of carbonyl (C=O) groups excluding carboxylic acids is 1. The van der Waals surface area contributed by atoms with Gasteiger partial charge in [-0.2, -0.15) is 0 Å². The molecule has 4 nitrogen and oxygen atoms in total. The van der Waals surface area contributed by atoms with Gasteiger partial charge in [-0.25, -0.2) is 0 Å². The molecule has 2 atom stereocenters. The van der Waals surface area contributed by atoms with E-state index < -0.39 is 12.0 Å². The number of nitrogens with two attached hydrogens (primary N) is 1. The number of esters is 1. The van der Waals surface area contributed by atoms with Crippen LogP contribution >= 0.6 is 0 Å². The SMILES string of the molecule is CCC(C)Oc1ccc(CC(N)C(=O)OC)cc1. The number of hydrogen-bond acceptors (Lipinski definition) is 4. The van der Waals surface area contributed by atoms with Crippen molar-refractivity contribution < 1.29 is 14.3 Å². The van der Waals surface area contributed by atoms with E-state index in [0.717, 1.165) is 17.7 Å². The molecule has 0 saturated carbocycles. The number of ether oxygens (including phenoxy) is 2. The highest BCUT2D eigenvalue weighted by Crippen LogP contribution is 2.15. The molecule has 0 aliphatic carbocycles. The summed E-state index contributed by atoms with van der Waals surface area (Å²) in [5, 5.41) is 0. The van der Waals surface area contributed by atoms with Crippen LogP contribution in [0.1, 0.15) is 25.8 Å². The van der Waals surface area contributed by atoms with Gasteiger partial charge in [0.25, 0.3) is 0 Å². The highest BCUT2D eigenvalue weighted by atomic mass is 16.5. The van der Waals surface area contributed by atoms with Crippen molar-refractivity contribution in [1.82, 2.24) is 0 Å². The van der Waals surface area contributed by atoms with E-state index in [4.69, 9.17) is 10.5 Å². The third-order valence-electron chi connectivity index (χ3n) is 2.80. The van der Waals surface area contributed by atoms with E-state index in [1.165, 1.54) is 7.11 Å². The van der Waals surface area contributed by atoms with Crippen LogP contribution in [0, 0.1) is 0 Å². The molecule has 1 aromatic carbocycles. The maximum Gasteiger partial charge on any atom is 0.322 e. The molecule has 0 saturated heterocycles. The highest BCUT2D eigenvalue weighted by Gasteiger charge is 2.14. The van der Waals surface area contributed by atoms with E-state index in [1.54, 1.807) is 0 Å². The summed E-state index contributed by atoms with van der Waals surface area (Å²) in [5.41, 5.74) is 6.68. The number of rotatable bonds is 6. The molecule has 18 heavy (non-hydrogen) atoms. The Bertz CT molecular complexity index is 375. The molecule has 100 valence electrons. The Kier molecular flexibility index (Phi) is 5.65. The summed E-state index contributed by atoms with van der Waals surface area (Å²) in [6.07, 6.45) is 1.64. The van der Waals surface area contributed by atoms with Crippen molar-refractivity contribution in [2.24, 2.45) is 5.73 Å². The maximum atomic E-state index is 11.2. The number of carbonyl (C=O) groups is 1. The van der Waals surface area contributed by atoms with Gasteiger partial charge in [-0.3, -0.25) is 4.79 Å². The molecule has 1 aromatic rings. The van der Waals surface area contributed by atoms with E-state index in [9.17, 15) is 4.79 Å². The lowest BCUT2D eigenvalue weighted by atomic mass is 10.1. The summed E-state index contributed by atoms with van der Waals surface area (Å²) >= 11 is 0. The lowest BCUT2D eigenvalue weighted by Crippen LogP contribution is -2.33. The Hall–Kier alpha value is -1.55. The maximum absolute atomic E-state index is 11.2. The van der Waals surface area contributed by atoms with Gasteiger partial charge in [0.2, 0.25) is 0 Å².